The average Bonchev–Trinajstić information content (AvgIpc) is 3.52. The van der Waals surface area contributed by atoms with Crippen molar-refractivity contribution in [3.8, 4) is 28.6 Å². The van der Waals surface area contributed by atoms with Crippen molar-refractivity contribution >= 4 is 23.6 Å². The Kier molecular flexibility index (Phi) is 9.60. The molecule has 0 saturated carbocycles. The molecule has 2 aliphatic rings. The molecule has 0 radical (unpaired) electrons. The van der Waals surface area contributed by atoms with E-state index in [1.54, 1.807) is 38.1 Å². The molecular formula is C33H35N7O6. The molecule has 4 amide bonds. The third-order valence-corrected chi connectivity index (χ3v) is 7.43. The molecule has 0 spiro atoms. The fourth-order valence-corrected chi connectivity index (χ4v) is 4.84. The molecule has 46 heavy (non-hydrogen) atoms. The Morgan fingerprint density at radius 2 is 1.67 bits per heavy atom. The number of rotatable bonds is 5. The maximum Gasteiger partial charge on any atom is 0.255 e. The lowest BCUT2D eigenvalue weighted by Crippen LogP contribution is -2.57. The van der Waals surface area contributed by atoms with Gasteiger partial charge in [-0.2, -0.15) is 5.10 Å². The number of hydrogen-bond donors (Lipinski definition) is 6. The molecule has 6 rings (SSSR count). The number of phenolic OH excluding ortho intramolecular Hbond substituents is 1. The van der Waals surface area contributed by atoms with E-state index in [0.717, 1.165) is 11.1 Å². The molecule has 3 heterocycles. The largest absolute Gasteiger partial charge is 0.507 e. The Morgan fingerprint density at radius 3 is 2.39 bits per heavy atom. The summed E-state index contributed by atoms with van der Waals surface area (Å²) in [5.41, 5.74) is 1.47. The van der Waals surface area contributed by atoms with Crippen molar-refractivity contribution in [3.63, 3.8) is 0 Å². The Morgan fingerprint density at radius 1 is 0.957 bits per heavy atom. The van der Waals surface area contributed by atoms with E-state index in [2.05, 4.69) is 36.4 Å². The molecule has 0 aliphatic carbocycles. The van der Waals surface area contributed by atoms with Gasteiger partial charge >= 0.3 is 0 Å². The summed E-state index contributed by atoms with van der Waals surface area (Å²) in [4.78, 5) is 57.5. The molecule has 0 saturated heterocycles. The van der Waals surface area contributed by atoms with Gasteiger partial charge in [0.25, 0.3) is 5.91 Å². The predicted molar refractivity (Wildman–Crippen MR) is 168 cm³/mol. The van der Waals surface area contributed by atoms with E-state index < -0.39 is 41.8 Å². The van der Waals surface area contributed by atoms with Crippen LogP contribution in [0.2, 0.25) is 0 Å². The number of aromatic nitrogens is 3. The van der Waals surface area contributed by atoms with Gasteiger partial charge in [0.15, 0.2) is 5.82 Å². The number of fused-ring (bicyclic) bond motifs is 11. The van der Waals surface area contributed by atoms with Gasteiger partial charge in [-0.15, -0.1) is 0 Å². The van der Waals surface area contributed by atoms with E-state index in [1.165, 1.54) is 25.1 Å². The third-order valence-electron chi connectivity index (χ3n) is 7.43. The number of phenols is 1. The summed E-state index contributed by atoms with van der Waals surface area (Å²) in [7, 11) is 0. The van der Waals surface area contributed by atoms with Gasteiger partial charge in [0.1, 0.15) is 41.2 Å². The first-order chi connectivity index (χ1) is 22.1. The molecular weight excluding hydrogens is 590 g/mol. The zero-order valence-corrected chi connectivity index (χ0v) is 25.5. The second-order valence-electron chi connectivity index (χ2n) is 11.3. The molecule has 6 N–H and O–H groups in total. The zero-order chi connectivity index (χ0) is 32.8. The molecule has 3 aromatic carbocycles. The monoisotopic (exact) mass is 625 g/mol. The maximum atomic E-state index is 13.4. The number of amides is 4. The zero-order valence-electron chi connectivity index (χ0n) is 25.5. The molecule has 4 aromatic rings. The lowest BCUT2D eigenvalue weighted by molar-refractivity contribution is -0.132. The Hall–Kier alpha value is -5.72. The van der Waals surface area contributed by atoms with Crippen LogP contribution in [-0.4, -0.2) is 62.0 Å². The maximum absolute atomic E-state index is 13.4. The molecule has 238 valence electrons. The van der Waals surface area contributed by atoms with Crippen LogP contribution in [0.15, 0.2) is 72.8 Å². The summed E-state index contributed by atoms with van der Waals surface area (Å²) in [6.45, 7) is 5.00. The number of benzene rings is 3. The van der Waals surface area contributed by atoms with Gasteiger partial charge in [0.05, 0.1) is 12.1 Å². The lowest BCUT2D eigenvalue weighted by atomic mass is 10.0. The van der Waals surface area contributed by atoms with Crippen LogP contribution < -0.4 is 26.0 Å². The number of nitrogens with one attached hydrogen (secondary N) is 5. The van der Waals surface area contributed by atoms with Gasteiger partial charge in [-0.05, 0) is 48.7 Å². The number of carbonyl (C=O) groups is 4. The Labute approximate surface area is 265 Å². The smallest absolute Gasteiger partial charge is 0.255 e. The molecule has 1 aromatic heterocycles. The molecule has 0 unspecified atom stereocenters. The van der Waals surface area contributed by atoms with Crippen molar-refractivity contribution in [2.45, 2.75) is 51.9 Å². The number of nitrogens with zero attached hydrogens (tertiary/aromatic N) is 2. The highest BCUT2D eigenvalue weighted by atomic mass is 16.5. The van der Waals surface area contributed by atoms with Crippen molar-refractivity contribution < 1.29 is 29.0 Å². The highest BCUT2D eigenvalue weighted by molar-refractivity contribution is 6.00. The minimum atomic E-state index is -1.05. The van der Waals surface area contributed by atoms with Gasteiger partial charge in [-0.3, -0.25) is 24.3 Å². The molecule has 2 aliphatic heterocycles. The average molecular weight is 626 g/mol. The van der Waals surface area contributed by atoms with Crippen molar-refractivity contribution in [1.82, 2.24) is 36.4 Å². The first-order valence-electron chi connectivity index (χ1n) is 14.8. The van der Waals surface area contributed by atoms with Gasteiger partial charge < -0.3 is 31.1 Å². The number of H-pyrrole nitrogens is 1. The Bertz CT molecular complexity index is 1720. The SMILES string of the molecule is CC(C)[C@@H]1NC(=O)c2cc(ccc2O)Oc2ccc(cc2)C[C@@H](C(=O)NCc2nc(-c3ccccc3)n[nH]2)NC(=O)[C@H](C)NC1=O. The molecule has 4 bridgehead atoms. The number of hydrogen-bond acceptors (Lipinski definition) is 8. The molecule has 13 nitrogen and oxygen atoms in total. The number of aromatic amines is 1. The topological polar surface area (TPSA) is 187 Å². The van der Waals surface area contributed by atoms with Crippen LogP contribution in [0.5, 0.6) is 17.2 Å². The number of carbonyl (C=O) groups excluding carboxylic acids is 4. The highest BCUT2D eigenvalue weighted by Gasteiger charge is 2.30. The predicted octanol–water partition coefficient (Wildman–Crippen LogP) is 2.59. The van der Waals surface area contributed by atoms with Gasteiger partial charge in [0.2, 0.25) is 17.7 Å². The second-order valence-corrected chi connectivity index (χ2v) is 11.3. The molecule has 13 heteroatoms. The summed E-state index contributed by atoms with van der Waals surface area (Å²) >= 11 is 0. The van der Waals surface area contributed by atoms with E-state index >= 15 is 0 Å². The van der Waals surface area contributed by atoms with Crippen LogP contribution in [0, 0.1) is 5.92 Å². The van der Waals surface area contributed by atoms with Gasteiger partial charge in [-0.1, -0.05) is 56.3 Å². The number of ether oxygens (including phenoxy) is 1. The second kappa shape index (κ2) is 13.9. The lowest BCUT2D eigenvalue weighted by Gasteiger charge is -2.25. The standard InChI is InChI=1S/C33H35N7O6/c1-18(2)28-33(45)35-19(3)30(42)36-25(32(44)34-17-27-37-29(40-39-27)21-7-5-4-6-8-21)15-20-9-11-22(12-10-20)46-23-13-14-26(41)24(16-23)31(43)38-28/h4-14,16,18-19,25,28,41H,15,17H2,1-3H3,(H,34,44)(H,35,45)(H,36,42)(H,38,43)(H,37,39,40)/t19-,25-,28-/m0/s1. The van der Waals surface area contributed by atoms with Crippen LogP contribution in [0.1, 0.15) is 42.5 Å². The van der Waals surface area contributed by atoms with Crippen LogP contribution in [0.25, 0.3) is 11.4 Å². The first-order valence-corrected chi connectivity index (χ1v) is 14.8. The minimum Gasteiger partial charge on any atom is -0.507 e. The van der Waals surface area contributed by atoms with E-state index in [9.17, 15) is 24.3 Å². The minimum absolute atomic E-state index is 0.0362. The molecule has 3 atom stereocenters. The van der Waals surface area contributed by atoms with Crippen LogP contribution >= 0.6 is 0 Å². The highest BCUT2D eigenvalue weighted by Crippen LogP contribution is 2.28. The van der Waals surface area contributed by atoms with Crippen molar-refractivity contribution in [3.05, 3.63) is 89.7 Å². The summed E-state index contributed by atoms with van der Waals surface area (Å²) in [6, 6.07) is 17.4. The van der Waals surface area contributed by atoms with E-state index in [-0.39, 0.29) is 30.2 Å². The van der Waals surface area contributed by atoms with E-state index in [0.29, 0.717) is 23.1 Å². The first kappa shape index (κ1) is 31.7. The fraction of sp³-hybridized carbons (Fsp3) is 0.273. The summed E-state index contributed by atoms with van der Waals surface area (Å²) in [6.07, 6.45) is 0.137. The van der Waals surface area contributed by atoms with Gasteiger partial charge in [0, 0.05) is 12.0 Å². The normalized spacial score (nSPS) is 18.9. The van der Waals surface area contributed by atoms with Gasteiger partial charge in [-0.25, -0.2) is 4.98 Å². The fourth-order valence-electron chi connectivity index (χ4n) is 4.84. The van der Waals surface area contributed by atoms with Crippen LogP contribution in [-0.2, 0) is 27.3 Å². The van der Waals surface area contributed by atoms with Crippen molar-refractivity contribution in [2.75, 3.05) is 0 Å². The van der Waals surface area contributed by atoms with Crippen LogP contribution in [0.4, 0.5) is 0 Å². The van der Waals surface area contributed by atoms with E-state index in [1.807, 2.05) is 30.3 Å². The molecule has 0 fully saturated rings. The van der Waals surface area contributed by atoms with Crippen LogP contribution in [0.3, 0.4) is 0 Å². The summed E-state index contributed by atoms with van der Waals surface area (Å²) < 4.78 is 5.91. The van der Waals surface area contributed by atoms with Crippen molar-refractivity contribution in [1.29, 1.82) is 0 Å². The van der Waals surface area contributed by atoms with E-state index in [4.69, 9.17) is 4.74 Å². The summed E-state index contributed by atoms with van der Waals surface area (Å²) in [5.74, 6) is -1.35. The van der Waals surface area contributed by atoms with Crippen molar-refractivity contribution in [2.24, 2.45) is 5.92 Å². The summed E-state index contributed by atoms with van der Waals surface area (Å²) in [5, 5.41) is 28.2. The third kappa shape index (κ3) is 7.67. The number of aromatic hydroxyl groups is 1. The Balaban J connectivity index is 1.38. The quantitative estimate of drug-likeness (QED) is 0.183.